The minimum Gasteiger partial charge on any atom is -0.261 e. The Morgan fingerprint density at radius 3 is 2.04 bits per heavy atom. The summed E-state index contributed by atoms with van der Waals surface area (Å²) in [5, 5.41) is 0. The molecule has 0 saturated heterocycles. The van der Waals surface area contributed by atoms with Crippen LogP contribution in [0.4, 0.5) is 8.78 Å². The molecule has 1 nitrogen and oxygen atoms in total. The molecule has 0 bridgehead atoms. The molecule has 3 heteroatoms. The number of pyridine rings is 1. The first-order valence-corrected chi connectivity index (χ1v) is 7.66. The van der Waals surface area contributed by atoms with E-state index in [-0.39, 0.29) is 11.2 Å². The van der Waals surface area contributed by atoms with Gasteiger partial charge in [-0.2, -0.15) is 0 Å². The molecule has 126 valence electrons. The highest BCUT2D eigenvalue weighted by Crippen LogP contribution is 2.18. The molecular formula is C20H27F2N. The van der Waals surface area contributed by atoms with Crippen molar-refractivity contribution in [1.29, 1.82) is 0 Å². The van der Waals surface area contributed by atoms with Crippen molar-refractivity contribution in [2.45, 2.75) is 46.5 Å². The third-order valence-electron chi connectivity index (χ3n) is 2.84. The Morgan fingerprint density at radius 2 is 1.74 bits per heavy atom. The number of nitrogens with zero attached hydrogens (tertiary/aromatic N) is 1. The van der Waals surface area contributed by atoms with E-state index in [0.29, 0.717) is 5.56 Å². The molecule has 0 aliphatic rings. The van der Waals surface area contributed by atoms with Crippen molar-refractivity contribution in [2.24, 2.45) is 0 Å². The maximum absolute atomic E-state index is 12.3. The van der Waals surface area contributed by atoms with Gasteiger partial charge < -0.3 is 0 Å². The molecule has 0 spiro atoms. The molecule has 0 amide bonds. The molecular weight excluding hydrogens is 292 g/mol. The number of allylic oxidation sites excluding steroid dienone is 1. The Kier molecular flexibility index (Phi) is 9.71. The Balaban J connectivity index is 0.000000345. The zero-order valence-corrected chi connectivity index (χ0v) is 14.7. The summed E-state index contributed by atoms with van der Waals surface area (Å²) in [5.41, 5.74) is 1.67. The lowest BCUT2D eigenvalue weighted by Gasteiger charge is -2.16. The van der Waals surface area contributed by atoms with E-state index in [1.807, 2.05) is 24.4 Å². The van der Waals surface area contributed by atoms with Gasteiger partial charge in [0.2, 0.25) is 0 Å². The molecule has 0 aliphatic heterocycles. The topological polar surface area (TPSA) is 12.9 Å². The molecule has 23 heavy (non-hydrogen) atoms. The molecule has 0 aliphatic carbocycles. The molecule has 0 atom stereocenters. The van der Waals surface area contributed by atoms with E-state index >= 15 is 0 Å². The van der Waals surface area contributed by atoms with Crippen molar-refractivity contribution in [3.63, 3.8) is 0 Å². The molecule has 2 rings (SSSR count). The van der Waals surface area contributed by atoms with E-state index in [1.54, 1.807) is 0 Å². The van der Waals surface area contributed by atoms with Crippen molar-refractivity contribution < 1.29 is 8.78 Å². The number of hydrogen-bond donors (Lipinski definition) is 0. The van der Waals surface area contributed by atoms with Gasteiger partial charge in [-0.3, -0.25) is 4.98 Å². The SMILES string of the molecule is C=CCC.CC(C)(C)c1ccccn1.Cc1cc(F)ccc1F. The van der Waals surface area contributed by atoms with Crippen LogP contribution in [0.2, 0.25) is 0 Å². The number of rotatable bonds is 1. The van der Waals surface area contributed by atoms with Gasteiger partial charge in [0.25, 0.3) is 0 Å². The van der Waals surface area contributed by atoms with E-state index < -0.39 is 5.82 Å². The normalized spacial score (nSPS) is 9.87. The maximum Gasteiger partial charge on any atom is 0.126 e. The summed E-state index contributed by atoms with van der Waals surface area (Å²) in [6, 6.07) is 9.39. The van der Waals surface area contributed by atoms with Crippen LogP contribution in [0.15, 0.2) is 55.3 Å². The second-order valence-electron chi connectivity index (χ2n) is 6.06. The number of aryl methyl sites for hydroxylation is 1. The van der Waals surface area contributed by atoms with E-state index in [2.05, 4.69) is 45.3 Å². The second-order valence-corrected chi connectivity index (χ2v) is 6.06. The van der Waals surface area contributed by atoms with Crippen LogP contribution in [0.3, 0.4) is 0 Å². The summed E-state index contributed by atoms with van der Waals surface area (Å²) in [6.45, 7) is 13.6. The highest BCUT2D eigenvalue weighted by molar-refractivity contribution is 5.16. The molecule has 1 heterocycles. The Bertz CT molecular complexity index is 572. The van der Waals surface area contributed by atoms with Crippen LogP contribution in [-0.2, 0) is 5.41 Å². The van der Waals surface area contributed by atoms with Gasteiger partial charge in [-0.25, -0.2) is 8.78 Å². The van der Waals surface area contributed by atoms with Crippen molar-refractivity contribution in [2.75, 3.05) is 0 Å². The highest BCUT2D eigenvalue weighted by atomic mass is 19.1. The van der Waals surface area contributed by atoms with E-state index in [4.69, 9.17) is 0 Å². The van der Waals surface area contributed by atoms with Gasteiger partial charge in [-0.05, 0) is 49.2 Å². The Labute approximate surface area is 139 Å². The fourth-order valence-electron chi connectivity index (χ4n) is 1.41. The largest absolute Gasteiger partial charge is 0.261 e. The van der Waals surface area contributed by atoms with Gasteiger partial charge in [-0.1, -0.05) is 39.8 Å². The fraction of sp³-hybridized carbons (Fsp3) is 0.350. The summed E-state index contributed by atoms with van der Waals surface area (Å²) in [4.78, 5) is 4.25. The number of benzene rings is 1. The Hall–Kier alpha value is -2.03. The highest BCUT2D eigenvalue weighted by Gasteiger charge is 2.13. The zero-order valence-electron chi connectivity index (χ0n) is 14.7. The first-order chi connectivity index (χ1) is 10.7. The van der Waals surface area contributed by atoms with Crippen LogP contribution >= 0.6 is 0 Å². The predicted octanol–water partition coefficient (Wildman–Crippen LogP) is 6.23. The molecule has 0 unspecified atom stereocenters. The number of aromatic nitrogens is 1. The van der Waals surface area contributed by atoms with Crippen molar-refractivity contribution in [3.05, 3.63) is 78.1 Å². The summed E-state index contributed by atoms with van der Waals surface area (Å²) < 4.78 is 24.5. The van der Waals surface area contributed by atoms with Crippen LogP contribution in [0.5, 0.6) is 0 Å². The van der Waals surface area contributed by atoms with Gasteiger partial charge >= 0.3 is 0 Å². The quantitative estimate of drug-likeness (QED) is 0.567. The summed E-state index contributed by atoms with van der Waals surface area (Å²) in [7, 11) is 0. The molecule has 2 aromatic rings. The van der Waals surface area contributed by atoms with Gasteiger partial charge in [0, 0.05) is 17.3 Å². The third-order valence-corrected chi connectivity index (χ3v) is 2.84. The van der Waals surface area contributed by atoms with Gasteiger partial charge in [0.15, 0.2) is 0 Å². The first kappa shape index (κ1) is 21.0. The Morgan fingerprint density at radius 1 is 1.13 bits per heavy atom. The van der Waals surface area contributed by atoms with Crippen molar-refractivity contribution in [3.8, 4) is 0 Å². The lowest BCUT2D eigenvalue weighted by Crippen LogP contribution is -2.12. The van der Waals surface area contributed by atoms with Crippen molar-refractivity contribution >= 4 is 0 Å². The minimum absolute atomic E-state index is 0.182. The van der Waals surface area contributed by atoms with Crippen molar-refractivity contribution in [1.82, 2.24) is 4.98 Å². The van der Waals surface area contributed by atoms with Gasteiger partial charge in [0.05, 0.1) is 0 Å². The van der Waals surface area contributed by atoms with Gasteiger partial charge in [0.1, 0.15) is 11.6 Å². The van der Waals surface area contributed by atoms with Crippen LogP contribution < -0.4 is 0 Å². The second kappa shape index (κ2) is 10.7. The van der Waals surface area contributed by atoms with Gasteiger partial charge in [-0.15, -0.1) is 6.58 Å². The predicted molar refractivity (Wildman–Crippen MR) is 94.5 cm³/mol. The van der Waals surface area contributed by atoms with E-state index in [9.17, 15) is 8.78 Å². The molecule has 0 fully saturated rings. The molecule has 1 aromatic heterocycles. The number of halogens is 2. The summed E-state index contributed by atoms with van der Waals surface area (Å²) in [5.74, 6) is -0.759. The van der Waals surface area contributed by atoms with E-state index in [1.165, 1.54) is 6.92 Å². The minimum atomic E-state index is -0.395. The molecule has 0 saturated carbocycles. The lowest BCUT2D eigenvalue weighted by molar-refractivity contribution is 0.569. The fourth-order valence-corrected chi connectivity index (χ4v) is 1.41. The average molecular weight is 319 g/mol. The molecule has 0 radical (unpaired) electrons. The monoisotopic (exact) mass is 319 g/mol. The molecule has 1 aromatic carbocycles. The van der Waals surface area contributed by atoms with E-state index in [0.717, 1.165) is 30.3 Å². The van der Waals surface area contributed by atoms with Crippen LogP contribution in [0.1, 0.15) is 45.4 Å². The van der Waals surface area contributed by atoms with Crippen LogP contribution in [-0.4, -0.2) is 4.98 Å². The smallest absolute Gasteiger partial charge is 0.126 e. The standard InChI is InChI=1S/C9H13N.C7H6F2.C4H8/c1-9(2,3)8-6-4-5-7-10-8;1-5-4-6(8)2-3-7(5)9;1-3-4-2/h4-7H,1-3H3;2-4H,1H3;3H,1,4H2,2H3. The third kappa shape index (κ3) is 9.56. The van der Waals surface area contributed by atoms with Crippen LogP contribution in [0.25, 0.3) is 0 Å². The van der Waals surface area contributed by atoms with Crippen LogP contribution in [0, 0.1) is 18.6 Å². The lowest BCUT2D eigenvalue weighted by atomic mass is 9.92. The maximum atomic E-state index is 12.3. The molecule has 0 N–H and O–H groups in total. The summed E-state index contributed by atoms with van der Waals surface area (Å²) in [6.07, 6.45) is 4.79. The number of hydrogen-bond acceptors (Lipinski definition) is 1. The summed E-state index contributed by atoms with van der Waals surface area (Å²) >= 11 is 0. The average Bonchev–Trinajstić information content (AvgIpc) is 2.52. The first-order valence-electron chi connectivity index (χ1n) is 7.66. The zero-order chi connectivity index (χ0) is 17.9.